The maximum atomic E-state index is 11.9. The zero-order chi connectivity index (χ0) is 14.6. The average Bonchev–Trinajstić information content (AvgIpc) is 2.37. The first kappa shape index (κ1) is 14.6. The summed E-state index contributed by atoms with van der Waals surface area (Å²) >= 11 is 0. The summed E-state index contributed by atoms with van der Waals surface area (Å²) in [5, 5.41) is 20.4. The first-order valence-electron chi connectivity index (χ1n) is 5.71. The van der Waals surface area contributed by atoms with Gasteiger partial charge in [-0.25, -0.2) is 4.79 Å². The molecule has 0 aliphatic rings. The predicted octanol–water partition coefficient (Wildman–Crippen LogP) is 2.25. The number of aryl methyl sites for hydroxylation is 1. The SMILES string of the molecule is CCOC(=O)C(C)(C#N)c1cccc(C)c1[N+](=O)[O-]. The van der Waals surface area contributed by atoms with Crippen LogP contribution in [0.4, 0.5) is 5.69 Å². The van der Waals surface area contributed by atoms with Crippen LogP contribution < -0.4 is 0 Å². The summed E-state index contributed by atoms with van der Waals surface area (Å²) in [6, 6.07) is 6.37. The molecule has 6 heteroatoms. The van der Waals surface area contributed by atoms with Gasteiger partial charge >= 0.3 is 5.97 Å². The number of nitriles is 1. The number of ether oxygens (including phenoxy) is 1. The van der Waals surface area contributed by atoms with E-state index < -0.39 is 16.3 Å². The first-order chi connectivity index (χ1) is 8.88. The monoisotopic (exact) mass is 262 g/mol. The van der Waals surface area contributed by atoms with Crippen LogP contribution in [0.25, 0.3) is 0 Å². The molecule has 6 nitrogen and oxygen atoms in total. The fourth-order valence-corrected chi connectivity index (χ4v) is 1.80. The Morgan fingerprint density at radius 3 is 2.68 bits per heavy atom. The minimum Gasteiger partial charge on any atom is -0.465 e. The van der Waals surface area contributed by atoms with E-state index >= 15 is 0 Å². The summed E-state index contributed by atoms with van der Waals surface area (Å²) in [4.78, 5) is 22.5. The average molecular weight is 262 g/mol. The molecule has 19 heavy (non-hydrogen) atoms. The summed E-state index contributed by atoms with van der Waals surface area (Å²) < 4.78 is 4.84. The smallest absolute Gasteiger partial charge is 0.331 e. The number of para-hydroxylation sites is 1. The number of benzene rings is 1. The van der Waals surface area contributed by atoms with Gasteiger partial charge in [0.15, 0.2) is 5.41 Å². The van der Waals surface area contributed by atoms with Gasteiger partial charge in [-0.15, -0.1) is 0 Å². The molecule has 0 aliphatic heterocycles. The second-order valence-electron chi connectivity index (χ2n) is 4.19. The third kappa shape index (κ3) is 2.55. The number of hydrogen-bond acceptors (Lipinski definition) is 5. The zero-order valence-corrected chi connectivity index (χ0v) is 11.0. The second kappa shape index (κ2) is 5.48. The van der Waals surface area contributed by atoms with Crippen LogP contribution in [0.15, 0.2) is 18.2 Å². The lowest BCUT2D eigenvalue weighted by Crippen LogP contribution is -2.33. The van der Waals surface area contributed by atoms with E-state index in [0.29, 0.717) is 5.56 Å². The predicted molar refractivity (Wildman–Crippen MR) is 67.4 cm³/mol. The molecule has 1 aromatic rings. The van der Waals surface area contributed by atoms with Gasteiger partial charge < -0.3 is 4.74 Å². The number of hydrogen-bond donors (Lipinski definition) is 0. The first-order valence-corrected chi connectivity index (χ1v) is 5.71. The zero-order valence-electron chi connectivity index (χ0n) is 11.0. The highest BCUT2D eigenvalue weighted by molar-refractivity contribution is 5.88. The van der Waals surface area contributed by atoms with Gasteiger partial charge in [-0.3, -0.25) is 10.1 Å². The third-order valence-corrected chi connectivity index (χ3v) is 2.87. The number of carbonyl (C=O) groups is 1. The molecule has 0 spiro atoms. The van der Waals surface area contributed by atoms with Crippen LogP contribution in [0.3, 0.4) is 0 Å². The van der Waals surface area contributed by atoms with Gasteiger partial charge in [-0.2, -0.15) is 5.26 Å². The van der Waals surface area contributed by atoms with Crippen molar-refractivity contribution in [1.82, 2.24) is 0 Å². The normalized spacial score (nSPS) is 13.2. The van der Waals surface area contributed by atoms with E-state index in [1.165, 1.54) is 13.0 Å². The van der Waals surface area contributed by atoms with E-state index in [2.05, 4.69) is 0 Å². The molecular weight excluding hydrogens is 248 g/mol. The summed E-state index contributed by atoms with van der Waals surface area (Å²) in [6.45, 7) is 4.60. The van der Waals surface area contributed by atoms with Crippen molar-refractivity contribution in [1.29, 1.82) is 5.26 Å². The molecule has 0 fully saturated rings. The Hall–Kier alpha value is -2.42. The number of nitro benzene ring substituents is 1. The van der Waals surface area contributed by atoms with E-state index in [4.69, 9.17) is 4.74 Å². The van der Waals surface area contributed by atoms with Gasteiger partial charge in [-0.05, 0) is 26.8 Å². The van der Waals surface area contributed by atoms with Crippen LogP contribution in [0.5, 0.6) is 0 Å². The number of esters is 1. The lowest BCUT2D eigenvalue weighted by molar-refractivity contribution is -0.386. The van der Waals surface area contributed by atoms with Gasteiger partial charge in [0.05, 0.1) is 23.2 Å². The minimum atomic E-state index is -1.69. The molecular formula is C13H14N2O4. The van der Waals surface area contributed by atoms with E-state index in [1.807, 2.05) is 6.07 Å². The van der Waals surface area contributed by atoms with Crippen molar-refractivity contribution in [3.8, 4) is 6.07 Å². The molecule has 1 rings (SSSR count). The summed E-state index contributed by atoms with van der Waals surface area (Å²) in [6.07, 6.45) is 0. The van der Waals surface area contributed by atoms with E-state index in [-0.39, 0.29) is 17.9 Å². The highest BCUT2D eigenvalue weighted by Gasteiger charge is 2.42. The Morgan fingerprint density at radius 2 is 2.21 bits per heavy atom. The fraction of sp³-hybridized carbons (Fsp3) is 0.385. The lowest BCUT2D eigenvalue weighted by Gasteiger charge is -2.20. The molecule has 0 amide bonds. The maximum absolute atomic E-state index is 11.9. The van der Waals surface area contributed by atoms with Crippen molar-refractivity contribution < 1.29 is 14.5 Å². The molecule has 0 bridgehead atoms. The largest absolute Gasteiger partial charge is 0.465 e. The summed E-state index contributed by atoms with van der Waals surface area (Å²) in [5.41, 5.74) is -1.46. The summed E-state index contributed by atoms with van der Waals surface area (Å²) in [7, 11) is 0. The number of carbonyl (C=O) groups excluding carboxylic acids is 1. The summed E-state index contributed by atoms with van der Waals surface area (Å²) in [5.74, 6) is -0.786. The van der Waals surface area contributed by atoms with E-state index in [0.717, 1.165) is 0 Å². The Balaban J connectivity index is 3.51. The highest BCUT2D eigenvalue weighted by atomic mass is 16.6. The van der Waals surface area contributed by atoms with Gasteiger partial charge in [0, 0.05) is 5.56 Å². The van der Waals surface area contributed by atoms with E-state index in [1.54, 1.807) is 26.0 Å². The Morgan fingerprint density at radius 1 is 1.58 bits per heavy atom. The van der Waals surface area contributed by atoms with Crippen LogP contribution in [-0.2, 0) is 14.9 Å². The molecule has 0 N–H and O–H groups in total. The van der Waals surface area contributed by atoms with Crippen LogP contribution in [0.1, 0.15) is 25.0 Å². The van der Waals surface area contributed by atoms with Crippen LogP contribution in [0, 0.1) is 28.4 Å². The lowest BCUT2D eigenvalue weighted by atomic mass is 9.82. The topological polar surface area (TPSA) is 93.2 Å². The molecule has 0 radical (unpaired) electrons. The number of nitro groups is 1. The Kier molecular flexibility index (Phi) is 4.22. The number of nitrogens with zero attached hydrogens (tertiary/aromatic N) is 2. The van der Waals surface area contributed by atoms with Crippen molar-refractivity contribution in [2.75, 3.05) is 6.61 Å². The molecule has 0 heterocycles. The maximum Gasteiger partial charge on any atom is 0.331 e. The van der Waals surface area contributed by atoms with Crippen LogP contribution in [0.2, 0.25) is 0 Å². The molecule has 0 aromatic heterocycles. The van der Waals surface area contributed by atoms with Crippen LogP contribution >= 0.6 is 0 Å². The van der Waals surface area contributed by atoms with Crippen molar-refractivity contribution in [2.45, 2.75) is 26.2 Å². The molecule has 1 atom stereocenters. The van der Waals surface area contributed by atoms with Crippen molar-refractivity contribution in [2.24, 2.45) is 0 Å². The molecule has 0 saturated heterocycles. The van der Waals surface area contributed by atoms with E-state index in [9.17, 15) is 20.2 Å². The third-order valence-electron chi connectivity index (χ3n) is 2.87. The molecule has 1 aromatic carbocycles. The van der Waals surface area contributed by atoms with Gasteiger partial charge in [0.1, 0.15) is 0 Å². The second-order valence-corrected chi connectivity index (χ2v) is 4.19. The standard InChI is InChI=1S/C13H14N2O4/c1-4-19-12(16)13(3,8-14)10-7-5-6-9(2)11(10)15(17)18/h5-7H,4H2,1-3H3. The van der Waals surface area contributed by atoms with Gasteiger partial charge in [0.2, 0.25) is 0 Å². The van der Waals surface area contributed by atoms with Gasteiger partial charge in [-0.1, -0.05) is 12.1 Å². The van der Waals surface area contributed by atoms with Crippen molar-refractivity contribution in [3.63, 3.8) is 0 Å². The minimum absolute atomic E-state index is 0.0541. The Labute approximate surface area is 110 Å². The number of rotatable bonds is 4. The van der Waals surface area contributed by atoms with Crippen molar-refractivity contribution in [3.05, 3.63) is 39.4 Å². The fourth-order valence-electron chi connectivity index (χ4n) is 1.80. The highest BCUT2D eigenvalue weighted by Crippen LogP contribution is 2.34. The molecule has 100 valence electrons. The molecule has 0 aliphatic carbocycles. The van der Waals surface area contributed by atoms with Crippen LogP contribution in [-0.4, -0.2) is 17.5 Å². The Bertz CT molecular complexity index is 562. The molecule has 0 saturated carbocycles. The quantitative estimate of drug-likeness (QED) is 0.471. The van der Waals surface area contributed by atoms with Crippen molar-refractivity contribution >= 4 is 11.7 Å². The molecule has 1 unspecified atom stereocenters. The van der Waals surface area contributed by atoms with Gasteiger partial charge in [0.25, 0.3) is 5.69 Å².